The van der Waals surface area contributed by atoms with Crippen molar-refractivity contribution in [3.8, 4) is 0 Å². The molecule has 0 radical (unpaired) electrons. The summed E-state index contributed by atoms with van der Waals surface area (Å²) in [5.74, 6) is -1.07. The summed E-state index contributed by atoms with van der Waals surface area (Å²) in [4.78, 5) is 16.0. The van der Waals surface area contributed by atoms with E-state index in [2.05, 4.69) is 10.3 Å². The van der Waals surface area contributed by atoms with Gasteiger partial charge in [-0.1, -0.05) is 24.6 Å². The van der Waals surface area contributed by atoms with Crippen LogP contribution in [-0.4, -0.2) is 10.9 Å². The molecule has 1 amide bonds. The van der Waals surface area contributed by atoms with Crippen molar-refractivity contribution in [2.75, 3.05) is 5.32 Å². The molecule has 0 aliphatic heterocycles. The van der Waals surface area contributed by atoms with E-state index < -0.39 is 17.3 Å². The van der Waals surface area contributed by atoms with E-state index in [-0.39, 0.29) is 0 Å². The molecule has 4 nitrogen and oxygen atoms in total. The molecule has 1 aromatic carbocycles. The zero-order valence-electron chi connectivity index (χ0n) is 11.4. The average molecular weight is 308 g/mol. The van der Waals surface area contributed by atoms with E-state index in [4.69, 9.17) is 17.3 Å². The summed E-state index contributed by atoms with van der Waals surface area (Å²) in [6.07, 6.45) is 1.41. The van der Waals surface area contributed by atoms with Crippen molar-refractivity contribution in [3.05, 3.63) is 59.1 Å². The van der Waals surface area contributed by atoms with Gasteiger partial charge in [-0.15, -0.1) is 0 Å². The molecule has 1 unspecified atom stereocenters. The number of hydrogen-bond acceptors (Lipinski definition) is 3. The maximum atomic E-state index is 13.0. The van der Waals surface area contributed by atoms with Crippen LogP contribution in [0.3, 0.4) is 0 Å². The Bertz CT molecular complexity index is 648. The topological polar surface area (TPSA) is 68.0 Å². The summed E-state index contributed by atoms with van der Waals surface area (Å²) in [5, 5.41) is 3.60. The van der Waals surface area contributed by atoms with Crippen LogP contribution in [0.25, 0.3) is 0 Å². The predicted molar refractivity (Wildman–Crippen MR) is 80.4 cm³/mol. The third kappa shape index (κ3) is 3.13. The standard InChI is InChI=1S/C15H15ClFN3O/c1-2-15(14(18)21,13-7-6-11(17)9-19-13)20-12-5-3-4-10(16)8-12/h3-9,20H,2H2,1H3,(H2,18,21). The number of benzene rings is 1. The van der Waals surface area contributed by atoms with Crippen molar-refractivity contribution in [2.45, 2.75) is 18.9 Å². The second-order valence-corrected chi connectivity index (χ2v) is 5.06. The highest BCUT2D eigenvalue weighted by Gasteiger charge is 2.38. The van der Waals surface area contributed by atoms with Gasteiger partial charge in [-0.3, -0.25) is 9.78 Å². The molecule has 0 saturated heterocycles. The summed E-state index contributed by atoms with van der Waals surface area (Å²) in [6.45, 7) is 1.80. The molecular weight excluding hydrogens is 293 g/mol. The molecular formula is C15H15ClFN3O. The number of halogens is 2. The van der Waals surface area contributed by atoms with Gasteiger partial charge in [0.2, 0.25) is 5.91 Å². The maximum absolute atomic E-state index is 13.0. The Morgan fingerprint density at radius 3 is 2.71 bits per heavy atom. The van der Waals surface area contributed by atoms with Crippen LogP contribution < -0.4 is 11.1 Å². The highest BCUT2D eigenvalue weighted by atomic mass is 35.5. The lowest BCUT2D eigenvalue weighted by Crippen LogP contribution is -2.48. The molecule has 21 heavy (non-hydrogen) atoms. The first-order chi connectivity index (χ1) is 9.98. The molecule has 0 saturated carbocycles. The molecule has 1 aromatic heterocycles. The fourth-order valence-electron chi connectivity index (χ4n) is 2.14. The summed E-state index contributed by atoms with van der Waals surface area (Å²) < 4.78 is 13.0. The van der Waals surface area contributed by atoms with Crippen LogP contribution in [0.15, 0.2) is 42.6 Å². The third-order valence-electron chi connectivity index (χ3n) is 3.30. The highest BCUT2D eigenvalue weighted by Crippen LogP contribution is 2.29. The van der Waals surface area contributed by atoms with Crippen LogP contribution in [0.5, 0.6) is 0 Å². The monoisotopic (exact) mass is 307 g/mol. The molecule has 3 N–H and O–H groups in total. The van der Waals surface area contributed by atoms with Crippen molar-refractivity contribution in [1.82, 2.24) is 4.98 Å². The molecule has 2 rings (SSSR count). The fraction of sp³-hybridized carbons (Fsp3) is 0.200. The van der Waals surface area contributed by atoms with Crippen LogP contribution in [0.2, 0.25) is 5.02 Å². The highest BCUT2D eigenvalue weighted by molar-refractivity contribution is 6.30. The van der Waals surface area contributed by atoms with Crippen LogP contribution in [0.4, 0.5) is 10.1 Å². The maximum Gasteiger partial charge on any atom is 0.249 e. The van der Waals surface area contributed by atoms with Gasteiger partial charge in [0.1, 0.15) is 5.82 Å². The number of primary amides is 1. The number of carbonyl (C=O) groups excluding carboxylic acids is 1. The summed E-state index contributed by atoms with van der Waals surface area (Å²) >= 11 is 5.94. The Morgan fingerprint density at radius 1 is 1.43 bits per heavy atom. The number of nitrogens with one attached hydrogen (secondary N) is 1. The quantitative estimate of drug-likeness (QED) is 0.892. The first-order valence-electron chi connectivity index (χ1n) is 6.43. The van der Waals surface area contributed by atoms with Gasteiger partial charge in [0.15, 0.2) is 5.54 Å². The van der Waals surface area contributed by atoms with E-state index in [1.54, 1.807) is 31.2 Å². The number of hydrogen-bond donors (Lipinski definition) is 2. The van der Waals surface area contributed by atoms with Gasteiger partial charge in [-0.2, -0.15) is 0 Å². The molecule has 0 fully saturated rings. The van der Waals surface area contributed by atoms with Gasteiger partial charge in [0, 0.05) is 10.7 Å². The number of anilines is 1. The van der Waals surface area contributed by atoms with Crippen molar-refractivity contribution < 1.29 is 9.18 Å². The molecule has 0 aliphatic carbocycles. The number of nitrogens with two attached hydrogens (primary N) is 1. The van der Waals surface area contributed by atoms with Crippen molar-refractivity contribution in [3.63, 3.8) is 0 Å². The molecule has 2 aromatic rings. The van der Waals surface area contributed by atoms with Crippen molar-refractivity contribution in [2.24, 2.45) is 5.73 Å². The third-order valence-corrected chi connectivity index (χ3v) is 3.53. The van der Waals surface area contributed by atoms with Crippen LogP contribution >= 0.6 is 11.6 Å². The normalized spacial score (nSPS) is 13.5. The first kappa shape index (κ1) is 15.3. The van der Waals surface area contributed by atoms with E-state index in [0.717, 1.165) is 6.20 Å². The molecule has 1 atom stereocenters. The van der Waals surface area contributed by atoms with Crippen molar-refractivity contribution >= 4 is 23.2 Å². The van der Waals surface area contributed by atoms with Gasteiger partial charge in [-0.05, 0) is 36.8 Å². The lowest BCUT2D eigenvalue weighted by molar-refractivity contribution is -0.122. The smallest absolute Gasteiger partial charge is 0.249 e. The minimum Gasteiger partial charge on any atom is -0.367 e. The zero-order valence-corrected chi connectivity index (χ0v) is 12.2. The molecule has 6 heteroatoms. The van der Waals surface area contributed by atoms with E-state index in [0.29, 0.717) is 22.8 Å². The summed E-state index contributed by atoms with van der Waals surface area (Å²) in [6, 6.07) is 9.61. The predicted octanol–water partition coefficient (Wildman–Crippen LogP) is 3.08. The van der Waals surface area contributed by atoms with Gasteiger partial charge >= 0.3 is 0 Å². The van der Waals surface area contributed by atoms with E-state index >= 15 is 0 Å². The fourth-order valence-corrected chi connectivity index (χ4v) is 2.33. The Balaban J connectivity index is 2.46. The van der Waals surface area contributed by atoms with Crippen LogP contribution in [0.1, 0.15) is 19.0 Å². The summed E-state index contributed by atoms with van der Waals surface area (Å²) in [7, 11) is 0. The van der Waals surface area contributed by atoms with Gasteiger partial charge < -0.3 is 11.1 Å². The Labute approximate surface area is 127 Å². The lowest BCUT2D eigenvalue weighted by atomic mass is 9.90. The van der Waals surface area contributed by atoms with Crippen LogP contribution in [-0.2, 0) is 10.3 Å². The van der Waals surface area contributed by atoms with Gasteiger partial charge in [0.25, 0.3) is 0 Å². The number of carbonyl (C=O) groups is 1. The SMILES string of the molecule is CCC(Nc1cccc(Cl)c1)(C(N)=O)c1ccc(F)cn1. The van der Waals surface area contributed by atoms with E-state index in [1.165, 1.54) is 12.1 Å². The molecule has 0 spiro atoms. The molecule has 0 aliphatic rings. The number of amides is 1. The van der Waals surface area contributed by atoms with Crippen molar-refractivity contribution in [1.29, 1.82) is 0 Å². The Kier molecular flexibility index (Phi) is 4.43. The lowest BCUT2D eigenvalue weighted by Gasteiger charge is -2.31. The number of rotatable bonds is 5. The second kappa shape index (κ2) is 6.10. The molecule has 110 valence electrons. The minimum atomic E-state index is -1.22. The Hall–Kier alpha value is -2.14. The Morgan fingerprint density at radius 2 is 2.19 bits per heavy atom. The first-order valence-corrected chi connectivity index (χ1v) is 6.81. The second-order valence-electron chi connectivity index (χ2n) is 4.62. The average Bonchev–Trinajstić information content (AvgIpc) is 2.45. The van der Waals surface area contributed by atoms with E-state index in [9.17, 15) is 9.18 Å². The van der Waals surface area contributed by atoms with Gasteiger partial charge in [0.05, 0.1) is 11.9 Å². The molecule has 0 bridgehead atoms. The van der Waals surface area contributed by atoms with E-state index in [1.807, 2.05) is 0 Å². The summed E-state index contributed by atoms with van der Waals surface area (Å²) in [5.41, 5.74) is 5.34. The minimum absolute atomic E-state index is 0.355. The molecule has 1 heterocycles. The zero-order chi connectivity index (χ0) is 15.5. The largest absolute Gasteiger partial charge is 0.367 e. The van der Waals surface area contributed by atoms with Gasteiger partial charge in [-0.25, -0.2) is 4.39 Å². The number of nitrogens with zero attached hydrogens (tertiary/aromatic N) is 1. The van der Waals surface area contributed by atoms with Crippen LogP contribution in [0, 0.1) is 5.82 Å². The number of aromatic nitrogens is 1. The number of pyridine rings is 1.